The molecule has 3 aliphatic rings. The number of Topliss-reactive ketones (excluding diaryl/α,β-unsaturated/α-hetero) is 1. The van der Waals surface area contributed by atoms with Crippen LogP contribution in [0.5, 0.6) is 0 Å². The first-order valence-corrected chi connectivity index (χ1v) is 7.01. The monoisotopic (exact) mass is 270 g/mol. The molecule has 0 spiro atoms. The van der Waals surface area contributed by atoms with Gasteiger partial charge in [-0.05, 0) is 18.9 Å². The van der Waals surface area contributed by atoms with Crippen molar-refractivity contribution in [1.82, 2.24) is 5.06 Å². The summed E-state index contributed by atoms with van der Waals surface area (Å²) in [5, 5.41) is 13.4. The van der Waals surface area contributed by atoms with Crippen LogP contribution in [-0.2, 0) is 0 Å². The van der Waals surface area contributed by atoms with Crippen LogP contribution in [0.3, 0.4) is 0 Å². The van der Waals surface area contributed by atoms with Gasteiger partial charge in [-0.15, -0.1) is 0 Å². The number of carbonyl (C=O) groups excluding carboxylic acids is 1. The van der Waals surface area contributed by atoms with Crippen molar-refractivity contribution >= 4 is 11.5 Å². The molecule has 5 heteroatoms. The Balaban J connectivity index is 1.92. The summed E-state index contributed by atoms with van der Waals surface area (Å²) in [5.74, 6) is -0.310. The quantitative estimate of drug-likeness (QED) is 0.679. The zero-order valence-corrected chi connectivity index (χ0v) is 10.9. The second-order valence-electron chi connectivity index (χ2n) is 5.64. The third-order valence-corrected chi connectivity index (χ3v) is 4.60. The van der Waals surface area contributed by atoms with E-state index in [1.165, 1.54) is 0 Å². The third kappa shape index (κ3) is 1.33. The number of nitrogens with zero attached hydrogens (tertiary/aromatic N) is 2. The largest absolute Gasteiger partial charge is 0.758 e. The van der Waals surface area contributed by atoms with E-state index in [-0.39, 0.29) is 29.3 Å². The average molecular weight is 270 g/mol. The molecule has 1 aromatic rings. The van der Waals surface area contributed by atoms with Gasteiger partial charge < -0.3 is 10.3 Å². The number of nitroso groups, excluding NO2 is 1. The Bertz CT molecular complexity index is 665. The number of carbonyl (C=O) groups is 1. The summed E-state index contributed by atoms with van der Waals surface area (Å²) in [7, 11) is 0. The van der Waals surface area contributed by atoms with Gasteiger partial charge in [0, 0.05) is 21.7 Å². The van der Waals surface area contributed by atoms with Crippen LogP contribution in [0.2, 0.25) is 0 Å². The van der Waals surface area contributed by atoms with Gasteiger partial charge in [-0.1, -0.05) is 24.6 Å². The van der Waals surface area contributed by atoms with Gasteiger partial charge in [0.05, 0.1) is 11.6 Å². The van der Waals surface area contributed by atoms with Gasteiger partial charge in [-0.2, -0.15) is 0 Å². The molecule has 1 heterocycles. The van der Waals surface area contributed by atoms with E-state index in [1.807, 2.05) is 0 Å². The molecule has 20 heavy (non-hydrogen) atoms. The van der Waals surface area contributed by atoms with E-state index in [1.54, 1.807) is 24.3 Å². The molecule has 0 amide bonds. The van der Waals surface area contributed by atoms with Crippen molar-refractivity contribution in [3.8, 4) is 0 Å². The topological polar surface area (TPSA) is 63.5 Å². The first-order valence-electron chi connectivity index (χ1n) is 7.01. The fraction of sp³-hybridized carbons (Fsp3) is 0.400. The van der Waals surface area contributed by atoms with Gasteiger partial charge in [0.1, 0.15) is 0 Å². The fourth-order valence-electron chi connectivity index (χ4n) is 3.65. The summed E-state index contributed by atoms with van der Waals surface area (Å²) in [6.45, 7) is 0. The van der Waals surface area contributed by atoms with E-state index in [4.69, 9.17) is 0 Å². The lowest BCUT2D eigenvalue weighted by Gasteiger charge is -2.44. The highest BCUT2D eigenvalue weighted by atomic mass is 16.5. The van der Waals surface area contributed by atoms with E-state index in [0.29, 0.717) is 17.5 Å². The highest BCUT2D eigenvalue weighted by Gasteiger charge is 2.52. The number of hydrogen-bond donors (Lipinski definition) is 0. The molecule has 0 bridgehead atoms. The number of rotatable bonds is 0. The van der Waals surface area contributed by atoms with Gasteiger partial charge in [0.25, 0.3) is 5.70 Å². The lowest BCUT2D eigenvalue weighted by Crippen LogP contribution is -2.51. The molecule has 1 saturated carbocycles. The predicted molar refractivity (Wildman–Crippen MR) is 72.6 cm³/mol. The number of hydrogen-bond acceptors (Lipinski definition) is 4. The number of allylic oxidation sites excluding steroid dienone is 1. The van der Waals surface area contributed by atoms with Crippen LogP contribution in [0.25, 0.3) is 5.70 Å². The van der Waals surface area contributed by atoms with Crippen molar-refractivity contribution < 1.29 is 9.55 Å². The van der Waals surface area contributed by atoms with E-state index < -0.39 is 0 Å². The summed E-state index contributed by atoms with van der Waals surface area (Å²) >= 11 is 0. The van der Waals surface area contributed by atoms with Gasteiger partial charge in [0.15, 0.2) is 5.70 Å². The minimum absolute atomic E-state index is 0.0457. The molecule has 0 N–H and O–H groups in total. The van der Waals surface area contributed by atoms with Gasteiger partial charge in [-0.3, -0.25) is 4.79 Å². The molecule has 1 aliphatic heterocycles. The minimum atomic E-state index is -0.377. The lowest BCUT2D eigenvalue weighted by atomic mass is 9.87. The Morgan fingerprint density at radius 3 is 2.65 bits per heavy atom. The Morgan fingerprint density at radius 2 is 1.85 bits per heavy atom. The maximum absolute atomic E-state index is 12.6. The molecule has 0 unspecified atom stereocenters. The normalized spacial score (nSPS) is 28.4. The lowest BCUT2D eigenvalue weighted by molar-refractivity contribution is -0.516. The van der Waals surface area contributed by atoms with Crippen molar-refractivity contribution in [2.24, 2.45) is 0 Å². The first-order chi connectivity index (χ1) is 9.70. The smallest absolute Gasteiger partial charge is 0.290 e. The Hall–Kier alpha value is -2.01. The average Bonchev–Trinajstić information content (AvgIpc) is 2.79. The van der Waals surface area contributed by atoms with Crippen LogP contribution in [0.15, 0.2) is 30.0 Å². The summed E-state index contributed by atoms with van der Waals surface area (Å²) < 4.78 is 0.928. The van der Waals surface area contributed by atoms with Crippen molar-refractivity contribution in [3.05, 3.63) is 51.2 Å². The second-order valence-corrected chi connectivity index (χ2v) is 5.64. The molecule has 5 nitrogen and oxygen atoms in total. The number of ketones is 1. The van der Waals surface area contributed by atoms with Gasteiger partial charge in [0.2, 0.25) is 11.8 Å². The van der Waals surface area contributed by atoms with Gasteiger partial charge in [-0.25, -0.2) is 0 Å². The third-order valence-electron chi connectivity index (χ3n) is 4.60. The maximum atomic E-state index is 12.6. The van der Waals surface area contributed by atoms with Crippen molar-refractivity contribution in [2.45, 2.75) is 37.8 Å². The molecular weight excluding hydrogens is 256 g/mol. The van der Waals surface area contributed by atoms with E-state index >= 15 is 0 Å². The van der Waals surface area contributed by atoms with E-state index in [9.17, 15) is 14.9 Å². The SMILES string of the molecule is O=C1C2=C(c3ccccc31)[N+](=O)[C@H]1CCCC[C@H]1N2[O-]. The zero-order chi connectivity index (χ0) is 13.9. The van der Waals surface area contributed by atoms with Crippen LogP contribution in [-0.4, -0.2) is 27.7 Å². The van der Waals surface area contributed by atoms with Crippen molar-refractivity contribution in [2.75, 3.05) is 0 Å². The highest BCUT2D eigenvalue weighted by molar-refractivity contribution is 6.19. The molecule has 1 fully saturated rings. The first kappa shape index (κ1) is 11.8. The molecule has 0 aromatic heterocycles. The predicted octanol–water partition coefficient (Wildman–Crippen LogP) is 2.46. The molecule has 102 valence electrons. The molecule has 0 radical (unpaired) electrons. The summed E-state index contributed by atoms with van der Waals surface area (Å²) in [4.78, 5) is 25.0. The van der Waals surface area contributed by atoms with Gasteiger partial charge >= 0.3 is 0 Å². The van der Waals surface area contributed by atoms with Crippen LogP contribution in [0.4, 0.5) is 0 Å². The van der Waals surface area contributed by atoms with Crippen LogP contribution >= 0.6 is 0 Å². The highest BCUT2D eigenvalue weighted by Crippen LogP contribution is 2.43. The van der Waals surface area contributed by atoms with Crippen LogP contribution in [0, 0.1) is 10.1 Å². The molecule has 1 aromatic carbocycles. The molecular formula is C15H14N2O3. The Labute approximate surface area is 116 Å². The fourth-order valence-corrected chi connectivity index (χ4v) is 3.65. The Morgan fingerprint density at radius 1 is 1.15 bits per heavy atom. The zero-order valence-electron chi connectivity index (χ0n) is 10.9. The number of benzene rings is 1. The summed E-state index contributed by atoms with van der Waals surface area (Å²) in [6.07, 6.45) is 3.32. The molecule has 0 saturated heterocycles. The van der Waals surface area contributed by atoms with Crippen LogP contribution in [0.1, 0.15) is 41.6 Å². The molecule has 2 atom stereocenters. The summed E-state index contributed by atoms with van der Waals surface area (Å²) in [5.41, 5.74) is 1.40. The number of hydroxylamine groups is 2. The second kappa shape index (κ2) is 3.99. The standard InChI is InChI=1S/C15H14N2O3/c18-15-10-6-2-1-5-9(10)13-14(15)17(20)12-8-4-3-7-11(12)16(13)19/h1-2,5-6,11-12H,3-4,7-8H2/t11-,12+/m0/s1. The van der Waals surface area contributed by atoms with E-state index in [0.717, 1.165) is 29.1 Å². The van der Waals surface area contributed by atoms with Crippen LogP contribution < -0.4 is 0 Å². The maximum Gasteiger partial charge on any atom is 0.290 e. The summed E-state index contributed by atoms with van der Waals surface area (Å²) in [6, 6.07) is 6.28. The van der Waals surface area contributed by atoms with Crippen molar-refractivity contribution in [1.29, 1.82) is 0 Å². The minimum Gasteiger partial charge on any atom is -0.758 e. The van der Waals surface area contributed by atoms with E-state index in [2.05, 4.69) is 0 Å². The molecule has 4 rings (SSSR count). The van der Waals surface area contributed by atoms with Crippen molar-refractivity contribution in [3.63, 3.8) is 0 Å². The number of fused-ring (bicyclic) bond motifs is 3. The Kier molecular flexibility index (Phi) is 2.35. The molecule has 2 aliphatic carbocycles.